The number of pyridine rings is 1. The molecule has 1 amide bonds. The maximum atomic E-state index is 12.9. The van der Waals surface area contributed by atoms with Gasteiger partial charge in [-0.15, -0.1) is 11.3 Å². The molecule has 0 saturated heterocycles. The molecule has 9 heteroatoms. The molecule has 0 aliphatic heterocycles. The molecule has 0 aliphatic carbocycles. The van der Waals surface area contributed by atoms with Gasteiger partial charge in [0.1, 0.15) is 17.4 Å². The Morgan fingerprint density at radius 3 is 2.70 bits per heavy atom. The zero-order valence-corrected chi connectivity index (χ0v) is 18.5. The highest BCUT2D eigenvalue weighted by atomic mass is 32.1. The summed E-state index contributed by atoms with van der Waals surface area (Å²) in [6, 6.07) is 19.2. The number of hydrogen-bond acceptors (Lipinski definition) is 8. The standard InChI is InChI=1S/C24H20N6O2S/c1-32-16-8-6-15(7-9-16)26-13-19-17-5-3-2-4-14(17)12-20(27-19)29-24(31)23-28-18-10-11-33-21(18)22(25)30-23/h2-12,26H,13H2,1H3,(H2,25,28,30)(H,27,29,31). The zero-order chi connectivity index (χ0) is 22.8. The third kappa shape index (κ3) is 4.26. The lowest BCUT2D eigenvalue weighted by Crippen LogP contribution is -2.18. The number of rotatable bonds is 6. The van der Waals surface area contributed by atoms with Crippen LogP contribution in [0.1, 0.15) is 16.3 Å². The minimum Gasteiger partial charge on any atom is -0.497 e. The van der Waals surface area contributed by atoms with Crippen LogP contribution in [0.2, 0.25) is 0 Å². The number of carbonyl (C=O) groups is 1. The van der Waals surface area contributed by atoms with Crippen molar-refractivity contribution >= 4 is 55.6 Å². The Balaban J connectivity index is 1.42. The van der Waals surface area contributed by atoms with Crippen LogP contribution < -0.4 is 21.1 Å². The Bertz CT molecular complexity index is 1470. The van der Waals surface area contributed by atoms with E-state index in [2.05, 4.69) is 25.6 Å². The van der Waals surface area contributed by atoms with E-state index in [0.29, 0.717) is 17.9 Å². The number of amides is 1. The fourth-order valence-corrected chi connectivity index (χ4v) is 4.26. The van der Waals surface area contributed by atoms with Crippen LogP contribution in [-0.2, 0) is 6.54 Å². The number of hydrogen-bond donors (Lipinski definition) is 3. The van der Waals surface area contributed by atoms with E-state index in [-0.39, 0.29) is 11.6 Å². The molecule has 3 heterocycles. The predicted molar refractivity (Wildman–Crippen MR) is 132 cm³/mol. The Morgan fingerprint density at radius 1 is 1.06 bits per heavy atom. The highest BCUT2D eigenvalue weighted by Gasteiger charge is 2.15. The second-order valence-electron chi connectivity index (χ2n) is 7.28. The molecule has 3 aromatic heterocycles. The molecule has 33 heavy (non-hydrogen) atoms. The summed E-state index contributed by atoms with van der Waals surface area (Å²) in [7, 11) is 1.64. The number of thiophene rings is 1. The van der Waals surface area contributed by atoms with Gasteiger partial charge in [-0.25, -0.2) is 15.0 Å². The van der Waals surface area contributed by atoms with E-state index in [1.165, 1.54) is 11.3 Å². The molecule has 0 unspecified atom stereocenters. The van der Waals surface area contributed by atoms with E-state index >= 15 is 0 Å². The number of nitrogens with two attached hydrogens (primary N) is 1. The number of carbonyl (C=O) groups excluding carboxylic acids is 1. The lowest BCUT2D eigenvalue weighted by Gasteiger charge is -2.12. The average molecular weight is 457 g/mol. The molecule has 5 rings (SSSR count). The molecule has 0 saturated carbocycles. The number of benzene rings is 2. The van der Waals surface area contributed by atoms with Crippen molar-refractivity contribution < 1.29 is 9.53 Å². The number of aromatic nitrogens is 3. The largest absolute Gasteiger partial charge is 0.497 e. The molecule has 0 fully saturated rings. The first-order valence-corrected chi connectivity index (χ1v) is 11.1. The van der Waals surface area contributed by atoms with Crippen LogP contribution in [0.5, 0.6) is 5.75 Å². The number of nitrogens with one attached hydrogen (secondary N) is 2. The summed E-state index contributed by atoms with van der Waals surface area (Å²) < 4.78 is 5.97. The van der Waals surface area contributed by atoms with Gasteiger partial charge in [-0.1, -0.05) is 24.3 Å². The second kappa shape index (κ2) is 8.71. The third-order valence-corrected chi connectivity index (χ3v) is 6.07. The fraction of sp³-hybridized carbons (Fsp3) is 0.0833. The molecule has 0 aliphatic rings. The van der Waals surface area contributed by atoms with Gasteiger partial charge in [0.2, 0.25) is 5.82 Å². The summed E-state index contributed by atoms with van der Waals surface area (Å²) in [6.45, 7) is 0.473. The van der Waals surface area contributed by atoms with Crippen LogP contribution in [0.4, 0.5) is 17.3 Å². The summed E-state index contributed by atoms with van der Waals surface area (Å²) in [5.74, 6) is 1.03. The molecular weight excluding hydrogens is 436 g/mol. The van der Waals surface area contributed by atoms with Crippen molar-refractivity contribution in [2.45, 2.75) is 6.54 Å². The van der Waals surface area contributed by atoms with Gasteiger partial charge >= 0.3 is 0 Å². The third-order valence-electron chi connectivity index (χ3n) is 5.14. The van der Waals surface area contributed by atoms with Gasteiger partial charge in [-0.05, 0) is 47.2 Å². The number of ether oxygens (including phenoxy) is 1. The highest BCUT2D eigenvalue weighted by Crippen LogP contribution is 2.25. The van der Waals surface area contributed by atoms with Gasteiger partial charge in [0.05, 0.1) is 29.6 Å². The molecule has 0 atom stereocenters. The highest BCUT2D eigenvalue weighted by molar-refractivity contribution is 7.17. The van der Waals surface area contributed by atoms with Crippen LogP contribution >= 0.6 is 11.3 Å². The Hall–Kier alpha value is -4.24. The van der Waals surface area contributed by atoms with Crippen molar-refractivity contribution in [3.63, 3.8) is 0 Å². The van der Waals surface area contributed by atoms with Crippen molar-refractivity contribution in [3.05, 3.63) is 77.6 Å². The normalized spacial score (nSPS) is 10.9. The molecule has 4 N–H and O–H groups in total. The molecule has 8 nitrogen and oxygen atoms in total. The van der Waals surface area contributed by atoms with Crippen molar-refractivity contribution in [1.82, 2.24) is 15.0 Å². The lowest BCUT2D eigenvalue weighted by molar-refractivity contribution is 0.101. The Labute approximate surface area is 193 Å². The van der Waals surface area contributed by atoms with Gasteiger partial charge in [-0.3, -0.25) is 4.79 Å². The number of nitrogen functional groups attached to an aromatic ring is 1. The Kier molecular flexibility index (Phi) is 5.45. The SMILES string of the molecule is COc1ccc(NCc2nc(NC(=O)c3nc(N)c4sccc4n3)cc3ccccc23)cc1. The molecule has 0 spiro atoms. The number of nitrogens with zero attached hydrogens (tertiary/aromatic N) is 3. The predicted octanol–water partition coefficient (Wildman–Crippen LogP) is 4.69. The summed E-state index contributed by atoms with van der Waals surface area (Å²) in [4.78, 5) is 26.0. The minimum atomic E-state index is -0.466. The van der Waals surface area contributed by atoms with E-state index in [1.807, 2.05) is 66.0 Å². The van der Waals surface area contributed by atoms with Gasteiger partial charge in [0.15, 0.2) is 0 Å². The summed E-state index contributed by atoms with van der Waals surface area (Å²) >= 11 is 1.44. The summed E-state index contributed by atoms with van der Waals surface area (Å²) in [5.41, 5.74) is 8.37. The first-order chi connectivity index (χ1) is 16.1. The van der Waals surface area contributed by atoms with E-state index < -0.39 is 5.91 Å². The van der Waals surface area contributed by atoms with E-state index in [4.69, 9.17) is 10.5 Å². The molecule has 5 aromatic rings. The lowest BCUT2D eigenvalue weighted by atomic mass is 10.1. The summed E-state index contributed by atoms with van der Waals surface area (Å²) in [6.07, 6.45) is 0. The van der Waals surface area contributed by atoms with Crippen LogP contribution in [0.15, 0.2) is 66.0 Å². The number of methoxy groups -OCH3 is 1. The topological polar surface area (TPSA) is 115 Å². The summed E-state index contributed by atoms with van der Waals surface area (Å²) in [5, 5.41) is 10.0. The van der Waals surface area contributed by atoms with Crippen LogP contribution in [0, 0.1) is 0 Å². The van der Waals surface area contributed by atoms with Crippen molar-refractivity contribution in [3.8, 4) is 5.75 Å². The molecule has 164 valence electrons. The molecular formula is C24H20N6O2S. The maximum absolute atomic E-state index is 12.9. The van der Waals surface area contributed by atoms with Crippen molar-refractivity contribution in [1.29, 1.82) is 0 Å². The maximum Gasteiger partial charge on any atom is 0.294 e. The quantitative estimate of drug-likeness (QED) is 0.339. The molecule has 0 radical (unpaired) electrons. The minimum absolute atomic E-state index is 0.00580. The smallest absolute Gasteiger partial charge is 0.294 e. The fourth-order valence-electron chi connectivity index (χ4n) is 3.52. The second-order valence-corrected chi connectivity index (χ2v) is 8.20. The van der Waals surface area contributed by atoms with Crippen molar-refractivity contribution in [2.75, 3.05) is 23.5 Å². The first-order valence-electron chi connectivity index (χ1n) is 10.2. The van der Waals surface area contributed by atoms with Crippen LogP contribution in [-0.4, -0.2) is 28.0 Å². The van der Waals surface area contributed by atoms with Crippen molar-refractivity contribution in [2.24, 2.45) is 0 Å². The van der Waals surface area contributed by atoms with E-state index in [9.17, 15) is 4.79 Å². The Morgan fingerprint density at radius 2 is 1.88 bits per heavy atom. The number of fused-ring (bicyclic) bond motifs is 2. The van der Waals surface area contributed by atoms with Gasteiger partial charge < -0.3 is 21.1 Å². The first kappa shape index (κ1) is 20.7. The molecule has 0 bridgehead atoms. The van der Waals surface area contributed by atoms with E-state index in [1.54, 1.807) is 7.11 Å². The van der Waals surface area contributed by atoms with Gasteiger partial charge in [0, 0.05) is 11.1 Å². The average Bonchev–Trinajstić information content (AvgIpc) is 3.32. The number of anilines is 3. The van der Waals surface area contributed by atoms with Crippen LogP contribution in [0.3, 0.4) is 0 Å². The molecule has 2 aromatic carbocycles. The monoisotopic (exact) mass is 456 g/mol. The van der Waals surface area contributed by atoms with Gasteiger partial charge in [-0.2, -0.15) is 0 Å². The zero-order valence-electron chi connectivity index (χ0n) is 17.7. The van der Waals surface area contributed by atoms with Gasteiger partial charge in [0.25, 0.3) is 5.91 Å². The van der Waals surface area contributed by atoms with E-state index in [0.717, 1.165) is 32.6 Å². The van der Waals surface area contributed by atoms with Crippen LogP contribution in [0.25, 0.3) is 21.0 Å².